The molecule has 0 spiro atoms. The van der Waals surface area contributed by atoms with E-state index in [2.05, 4.69) is 9.88 Å². The number of carbonyl (C=O) groups is 1. The number of aromatic nitrogens is 1. The Morgan fingerprint density at radius 2 is 2.12 bits per heavy atom. The van der Waals surface area contributed by atoms with Crippen LogP contribution in [-0.2, 0) is 4.79 Å². The fourth-order valence-electron chi connectivity index (χ4n) is 2.80. The molecule has 3 heteroatoms. The van der Waals surface area contributed by atoms with Crippen LogP contribution in [0.15, 0.2) is 24.4 Å². The zero-order chi connectivity index (χ0) is 11.7. The second-order valence-electron chi connectivity index (χ2n) is 5.07. The van der Waals surface area contributed by atoms with Crippen LogP contribution >= 0.6 is 0 Å². The Hall–Kier alpha value is -1.38. The lowest BCUT2D eigenvalue weighted by Gasteiger charge is -2.32. The second kappa shape index (κ2) is 4.47. The highest BCUT2D eigenvalue weighted by Crippen LogP contribution is 2.36. The number of pyridine rings is 1. The molecule has 17 heavy (non-hydrogen) atoms. The van der Waals surface area contributed by atoms with E-state index in [1.807, 2.05) is 24.4 Å². The highest BCUT2D eigenvalue weighted by atomic mass is 16.2. The summed E-state index contributed by atoms with van der Waals surface area (Å²) in [6.45, 7) is 0.913. The van der Waals surface area contributed by atoms with E-state index in [0.717, 1.165) is 37.9 Å². The van der Waals surface area contributed by atoms with Gasteiger partial charge in [0, 0.05) is 18.7 Å². The number of rotatable bonds is 2. The first-order chi connectivity index (χ1) is 8.36. The van der Waals surface area contributed by atoms with Crippen molar-refractivity contribution in [2.75, 3.05) is 6.54 Å². The van der Waals surface area contributed by atoms with Gasteiger partial charge in [0.2, 0.25) is 5.91 Å². The number of amides is 1. The summed E-state index contributed by atoms with van der Waals surface area (Å²) in [7, 11) is 0. The predicted octanol–water partition coefficient (Wildman–Crippen LogP) is 2.55. The zero-order valence-electron chi connectivity index (χ0n) is 10.0. The quantitative estimate of drug-likeness (QED) is 0.782. The van der Waals surface area contributed by atoms with Crippen LogP contribution in [0.3, 0.4) is 0 Å². The maximum absolute atomic E-state index is 12.3. The molecule has 2 fully saturated rings. The molecule has 0 unspecified atom stereocenters. The fourth-order valence-corrected chi connectivity index (χ4v) is 2.80. The van der Waals surface area contributed by atoms with Gasteiger partial charge < -0.3 is 4.90 Å². The number of hydrogen-bond donors (Lipinski definition) is 0. The average Bonchev–Trinajstić information content (AvgIpc) is 2.76. The van der Waals surface area contributed by atoms with Crippen LogP contribution in [0.1, 0.15) is 43.8 Å². The van der Waals surface area contributed by atoms with Gasteiger partial charge in [-0.1, -0.05) is 12.5 Å². The van der Waals surface area contributed by atoms with Gasteiger partial charge in [0.05, 0.1) is 11.7 Å². The van der Waals surface area contributed by atoms with Gasteiger partial charge in [0.1, 0.15) is 0 Å². The lowest BCUT2D eigenvalue weighted by atomic mass is 9.84. The van der Waals surface area contributed by atoms with E-state index >= 15 is 0 Å². The Bertz CT molecular complexity index is 400. The average molecular weight is 230 g/mol. The molecular weight excluding hydrogens is 212 g/mol. The molecule has 1 aromatic heterocycles. The highest BCUT2D eigenvalue weighted by Gasteiger charge is 2.36. The van der Waals surface area contributed by atoms with E-state index in [0.29, 0.717) is 11.8 Å². The summed E-state index contributed by atoms with van der Waals surface area (Å²) in [5.41, 5.74) is 1.05. The van der Waals surface area contributed by atoms with Crippen LogP contribution in [0.4, 0.5) is 0 Å². The summed E-state index contributed by atoms with van der Waals surface area (Å²) in [4.78, 5) is 18.8. The molecular formula is C14H18N2O. The minimum Gasteiger partial charge on any atom is -0.334 e. The van der Waals surface area contributed by atoms with E-state index in [4.69, 9.17) is 0 Å². The van der Waals surface area contributed by atoms with Crippen LogP contribution in [0, 0.1) is 5.92 Å². The third kappa shape index (κ3) is 1.94. The molecule has 1 aliphatic heterocycles. The van der Waals surface area contributed by atoms with Crippen molar-refractivity contribution >= 4 is 5.91 Å². The molecule has 1 saturated heterocycles. The van der Waals surface area contributed by atoms with Gasteiger partial charge in [-0.2, -0.15) is 0 Å². The molecule has 1 atom stereocenters. The van der Waals surface area contributed by atoms with Gasteiger partial charge in [-0.25, -0.2) is 0 Å². The van der Waals surface area contributed by atoms with Crippen LogP contribution in [0.25, 0.3) is 0 Å². The van der Waals surface area contributed by atoms with Crippen molar-refractivity contribution in [2.24, 2.45) is 5.92 Å². The smallest absolute Gasteiger partial charge is 0.226 e. The van der Waals surface area contributed by atoms with E-state index in [1.165, 1.54) is 6.42 Å². The molecule has 1 aromatic rings. The molecule has 1 amide bonds. The lowest BCUT2D eigenvalue weighted by Crippen LogP contribution is -2.38. The van der Waals surface area contributed by atoms with Crippen LogP contribution in [0.2, 0.25) is 0 Å². The summed E-state index contributed by atoms with van der Waals surface area (Å²) < 4.78 is 0. The number of nitrogens with zero attached hydrogens (tertiary/aromatic N) is 2. The maximum atomic E-state index is 12.3. The van der Waals surface area contributed by atoms with Crippen molar-refractivity contribution in [2.45, 2.75) is 38.1 Å². The van der Waals surface area contributed by atoms with Crippen LogP contribution in [0.5, 0.6) is 0 Å². The molecule has 0 aromatic carbocycles. The molecule has 0 bridgehead atoms. The van der Waals surface area contributed by atoms with Gasteiger partial charge >= 0.3 is 0 Å². The standard InChI is InChI=1S/C14H18N2O/c17-14(11-5-3-6-11)16-10-4-8-13(16)12-7-1-2-9-15-12/h1-2,7,9,11,13H,3-6,8,10H2/t13-/m0/s1. The van der Waals surface area contributed by atoms with Gasteiger partial charge in [0.25, 0.3) is 0 Å². The molecule has 3 rings (SSSR count). The molecule has 1 aliphatic carbocycles. The lowest BCUT2D eigenvalue weighted by molar-refractivity contribution is -0.139. The van der Waals surface area contributed by atoms with Gasteiger partial charge in [0.15, 0.2) is 0 Å². The molecule has 2 heterocycles. The summed E-state index contributed by atoms with van der Waals surface area (Å²) >= 11 is 0. The first-order valence-electron chi connectivity index (χ1n) is 6.57. The third-order valence-electron chi connectivity index (χ3n) is 4.02. The van der Waals surface area contributed by atoms with Gasteiger partial charge in [-0.3, -0.25) is 9.78 Å². The molecule has 0 N–H and O–H groups in total. The molecule has 1 saturated carbocycles. The summed E-state index contributed by atoms with van der Waals surface area (Å²) in [6, 6.07) is 6.20. The van der Waals surface area contributed by atoms with E-state index in [1.54, 1.807) is 0 Å². The Morgan fingerprint density at radius 1 is 1.24 bits per heavy atom. The summed E-state index contributed by atoms with van der Waals surface area (Å²) in [5.74, 6) is 0.670. The van der Waals surface area contributed by atoms with E-state index in [9.17, 15) is 4.79 Å². The van der Waals surface area contributed by atoms with Gasteiger partial charge in [-0.05, 0) is 37.8 Å². The summed E-state index contributed by atoms with van der Waals surface area (Å²) in [6.07, 6.45) is 7.39. The Labute approximate surface area is 102 Å². The topological polar surface area (TPSA) is 33.2 Å². The van der Waals surface area contributed by atoms with Crippen LogP contribution < -0.4 is 0 Å². The zero-order valence-corrected chi connectivity index (χ0v) is 10.0. The van der Waals surface area contributed by atoms with Crippen molar-refractivity contribution in [3.05, 3.63) is 30.1 Å². The largest absolute Gasteiger partial charge is 0.334 e. The number of likely N-dealkylation sites (tertiary alicyclic amines) is 1. The number of hydrogen-bond acceptors (Lipinski definition) is 2. The Morgan fingerprint density at radius 3 is 2.76 bits per heavy atom. The number of carbonyl (C=O) groups excluding carboxylic acids is 1. The first-order valence-corrected chi connectivity index (χ1v) is 6.57. The first kappa shape index (κ1) is 10.8. The second-order valence-corrected chi connectivity index (χ2v) is 5.07. The van der Waals surface area contributed by atoms with Crippen molar-refractivity contribution in [1.29, 1.82) is 0 Å². The Kier molecular flexibility index (Phi) is 2.83. The molecule has 2 aliphatic rings. The normalized spacial score (nSPS) is 24.7. The molecule has 90 valence electrons. The minimum absolute atomic E-state index is 0.226. The van der Waals surface area contributed by atoms with Crippen molar-refractivity contribution in [3.63, 3.8) is 0 Å². The van der Waals surface area contributed by atoms with Gasteiger partial charge in [-0.15, -0.1) is 0 Å². The maximum Gasteiger partial charge on any atom is 0.226 e. The van der Waals surface area contributed by atoms with E-state index in [-0.39, 0.29) is 6.04 Å². The fraction of sp³-hybridized carbons (Fsp3) is 0.571. The Balaban J connectivity index is 1.77. The predicted molar refractivity (Wildman–Crippen MR) is 65.3 cm³/mol. The van der Waals surface area contributed by atoms with Crippen LogP contribution in [-0.4, -0.2) is 22.3 Å². The third-order valence-corrected chi connectivity index (χ3v) is 4.02. The van der Waals surface area contributed by atoms with Crippen molar-refractivity contribution < 1.29 is 4.79 Å². The van der Waals surface area contributed by atoms with Crippen molar-refractivity contribution in [1.82, 2.24) is 9.88 Å². The SMILES string of the molecule is O=C(C1CCC1)N1CCC[C@H]1c1ccccn1. The highest BCUT2D eigenvalue weighted by molar-refractivity contribution is 5.80. The minimum atomic E-state index is 0.226. The monoisotopic (exact) mass is 230 g/mol. The molecule has 0 radical (unpaired) electrons. The van der Waals surface area contributed by atoms with E-state index < -0.39 is 0 Å². The van der Waals surface area contributed by atoms with Crippen molar-refractivity contribution in [3.8, 4) is 0 Å². The molecule has 3 nitrogen and oxygen atoms in total. The summed E-state index contributed by atoms with van der Waals surface area (Å²) in [5, 5.41) is 0.